The van der Waals surface area contributed by atoms with Crippen LogP contribution in [0.3, 0.4) is 0 Å². The summed E-state index contributed by atoms with van der Waals surface area (Å²) in [7, 11) is 0. The van der Waals surface area contributed by atoms with E-state index in [-0.39, 0.29) is 5.95 Å². The minimum atomic E-state index is -0.656. The van der Waals surface area contributed by atoms with Gasteiger partial charge in [0.05, 0.1) is 12.7 Å². The van der Waals surface area contributed by atoms with Gasteiger partial charge in [0, 0.05) is 6.08 Å². The highest BCUT2D eigenvalue weighted by Gasteiger charge is 1.93. The molecule has 0 saturated carbocycles. The maximum absolute atomic E-state index is 8.70. The summed E-state index contributed by atoms with van der Waals surface area (Å²) < 4.78 is 4.61. The largest absolute Gasteiger partial charge is 0.481 e. The second-order valence-electron chi connectivity index (χ2n) is 1.68. The molecular formula is C6H12O3. The molecule has 0 aromatic heterocycles. The Hall–Kier alpha value is -0.700. The molecule has 1 atom stereocenters. The molecule has 54 valence electrons. The smallest absolute Gasteiger partial charge is 0.274 e. The lowest BCUT2D eigenvalue weighted by Crippen LogP contribution is -1.98. The summed E-state index contributed by atoms with van der Waals surface area (Å²) >= 11 is 0. The SMILES string of the molecule is CCOC(O)=CC(C)O. The van der Waals surface area contributed by atoms with Crippen LogP contribution in [0.4, 0.5) is 0 Å². The fraction of sp³-hybridized carbons (Fsp3) is 0.667. The van der Waals surface area contributed by atoms with Crippen LogP contribution in [0.1, 0.15) is 13.8 Å². The molecule has 0 aromatic carbocycles. The van der Waals surface area contributed by atoms with Gasteiger partial charge in [0.25, 0.3) is 5.95 Å². The van der Waals surface area contributed by atoms with Crippen LogP contribution >= 0.6 is 0 Å². The Morgan fingerprint density at radius 1 is 1.78 bits per heavy atom. The molecule has 3 heteroatoms. The standard InChI is InChI=1S/C6H12O3/c1-3-9-6(8)4-5(2)7/h4-5,7-8H,3H2,1-2H3. The Labute approximate surface area is 54.6 Å². The number of ether oxygens (including phenoxy) is 1. The van der Waals surface area contributed by atoms with Crippen molar-refractivity contribution in [3.63, 3.8) is 0 Å². The molecule has 0 rings (SSSR count). The van der Waals surface area contributed by atoms with Gasteiger partial charge in [-0.05, 0) is 13.8 Å². The number of hydrogen-bond donors (Lipinski definition) is 2. The number of aliphatic hydroxyl groups is 2. The van der Waals surface area contributed by atoms with Crippen molar-refractivity contribution in [3.05, 3.63) is 12.0 Å². The molecule has 0 spiro atoms. The first-order valence-electron chi connectivity index (χ1n) is 2.88. The summed E-state index contributed by atoms with van der Waals surface area (Å²) in [6.07, 6.45) is 0.570. The summed E-state index contributed by atoms with van der Waals surface area (Å²) in [5.74, 6) is -0.215. The lowest BCUT2D eigenvalue weighted by Gasteiger charge is -2.00. The molecule has 0 aliphatic carbocycles. The molecule has 0 aliphatic heterocycles. The van der Waals surface area contributed by atoms with Gasteiger partial charge in [0.15, 0.2) is 0 Å². The van der Waals surface area contributed by atoms with Crippen LogP contribution in [-0.2, 0) is 4.74 Å². The summed E-state index contributed by atoms with van der Waals surface area (Å²) in [5, 5.41) is 17.3. The zero-order valence-corrected chi connectivity index (χ0v) is 5.66. The Bertz CT molecular complexity index is 96.5. The van der Waals surface area contributed by atoms with E-state index in [0.717, 1.165) is 0 Å². The quantitative estimate of drug-likeness (QED) is 0.558. The van der Waals surface area contributed by atoms with Gasteiger partial charge in [0.2, 0.25) is 0 Å². The van der Waals surface area contributed by atoms with E-state index in [0.29, 0.717) is 6.61 Å². The van der Waals surface area contributed by atoms with Gasteiger partial charge in [-0.3, -0.25) is 0 Å². The third kappa shape index (κ3) is 5.17. The normalized spacial score (nSPS) is 15.2. The van der Waals surface area contributed by atoms with Crippen molar-refractivity contribution in [1.82, 2.24) is 0 Å². The van der Waals surface area contributed by atoms with Gasteiger partial charge in [-0.25, -0.2) is 0 Å². The molecule has 0 saturated heterocycles. The Morgan fingerprint density at radius 2 is 2.33 bits per heavy atom. The molecule has 0 bridgehead atoms. The van der Waals surface area contributed by atoms with Crippen molar-refractivity contribution in [2.75, 3.05) is 6.61 Å². The molecule has 1 unspecified atom stereocenters. The predicted molar refractivity (Wildman–Crippen MR) is 34.0 cm³/mol. The number of rotatable bonds is 3. The van der Waals surface area contributed by atoms with Crippen molar-refractivity contribution in [1.29, 1.82) is 0 Å². The minimum Gasteiger partial charge on any atom is -0.481 e. The zero-order chi connectivity index (χ0) is 7.28. The highest BCUT2D eigenvalue weighted by molar-refractivity contribution is 4.85. The topological polar surface area (TPSA) is 49.7 Å². The monoisotopic (exact) mass is 132 g/mol. The fourth-order valence-electron chi connectivity index (χ4n) is 0.402. The van der Waals surface area contributed by atoms with Crippen molar-refractivity contribution >= 4 is 0 Å². The van der Waals surface area contributed by atoms with Crippen molar-refractivity contribution in [3.8, 4) is 0 Å². The Balaban J connectivity index is 3.55. The average molecular weight is 132 g/mol. The zero-order valence-electron chi connectivity index (χ0n) is 5.66. The van der Waals surface area contributed by atoms with E-state index in [1.54, 1.807) is 6.92 Å². The van der Waals surface area contributed by atoms with Gasteiger partial charge in [0.1, 0.15) is 0 Å². The van der Waals surface area contributed by atoms with Crippen LogP contribution < -0.4 is 0 Å². The van der Waals surface area contributed by atoms with Gasteiger partial charge in [-0.1, -0.05) is 0 Å². The maximum Gasteiger partial charge on any atom is 0.274 e. The van der Waals surface area contributed by atoms with Crippen LogP contribution in [0.5, 0.6) is 0 Å². The van der Waals surface area contributed by atoms with Crippen LogP contribution in [0.15, 0.2) is 12.0 Å². The van der Waals surface area contributed by atoms with E-state index in [9.17, 15) is 0 Å². The van der Waals surface area contributed by atoms with Crippen LogP contribution in [-0.4, -0.2) is 22.9 Å². The van der Waals surface area contributed by atoms with E-state index in [2.05, 4.69) is 4.74 Å². The van der Waals surface area contributed by atoms with Crippen LogP contribution in [0, 0.1) is 0 Å². The molecule has 9 heavy (non-hydrogen) atoms. The van der Waals surface area contributed by atoms with Gasteiger partial charge in [-0.15, -0.1) is 0 Å². The van der Waals surface area contributed by atoms with Crippen molar-refractivity contribution in [2.45, 2.75) is 20.0 Å². The fourth-order valence-corrected chi connectivity index (χ4v) is 0.402. The second kappa shape index (κ2) is 4.21. The molecule has 0 amide bonds. The molecule has 0 heterocycles. The third-order valence-corrected chi connectivity index (χ3v) is 0.676. The molecule has 0 aliphatic rings. The van der Waals surface area contributed by atoms with E-state index in [1.165, 1.54) is 13.0 Å². The van der Waals surface area contributed by atoms with E-state index in [4.69, 9.17) is 10.2 Å². The molecule has 3 nitrogen and oxygen atoms in total. The van der Waals surface area contributed by atoms with E-state index < -0.39 is 6.10 Å². The first-order chi connectivity index (χ1) is 4.16. The molecule has 2 N–H and O–H groups in total. The van der Waals surface area contributed by atoms with Gasteiger partial charge >= 0.3 is 0 Å². The second-order valence-corrected chi connectivity index (χ2v) is 1.68. The van der Waals surface area contributed by atoms with Crippen molar-refractivity contribution < 1.29 is 14.9 Å². The highest BCUT2D eigenvalue weighted by Crippen LogP contribution is 1.93. The van der Waals surface area contributed by atoms with E-state index in [1.807, 2.05) is 0 Å². The van der Waals surface area contributed by atoms with Crippen LogP contribution in [0.2, 0.25) is 0 Å². The summed E-state index contributed by atoms with van der Waals surface area (Å²) in [5.41, 5.74) is 0. The minimum absolute atomic E-state index is 0.215. The predicted octanol–water partition coefficient (Wildman–Crippen LogP) is 0.803. The molecule has 0 aromatic rings. The van der Waals surface area contributed by atoms with Crippen LogP contribution in [0.25, 0.3) is 0 Å². The molecular weight excluding hydrogens is 120 g/mol. The van der Waals surface area contributed by atoms with E-state index >= 15 is 0 Å². The Kier molecular flexibility index (Phi) is 3.88. The first-order valence-corrected chi connectivity index (χ1v) is 2.88. The molecule has 0 fully saturated rings. The van der Waals surface area contributed by atoms with Crippen molar-refractivity contribution in [2.24, 2.45) is 0 Å². The summed E-state index contributed by atoms with van der Waals surface area (Å²) in [4.78, 5) is 0. The van der Waals surface area contributed by atoms with Gasteiger partial charge in [-0.2, -0.15) is 0 Å². The number of aliphatic hydroxyl groups excluding tert-OH is 2. The summed E-state index contributed by atoms with van der Waals surface area (Å²) in [6, 6.07) is 0. The average Bonchev–Trinajstić information content (AvgIpc) is 1.63. The highest BCUT2D eigenvalue weighted by atomic mass is 16.6. The van der Waals surface area contributed by atoms with Gasteiger partial charge < -0.3 is 14.9 Å². The summed E-state index contributed by atoms with van der Waals surface area (Å²) in [6.45, 7) is 3.70. The number of hydrogen-bond acceptors (Lipinski definition) is 3. The Morgan fingerprint density at radius 3 is 2.67 bits per heavy atom. The first kappa shape index (κ1) is 8.30. The lowest BCUT2D eigenvalue weighted by atomic mass is 10.4. The molecule has 0 radical (unpaired) electrons. The lowest BCUT2D eigenvalue weighted by molar-refractivity contribution is 0.0942. The maximum atomic E-state index is 8.70. The third-order valence-electron chi connectivity index (χ3n) is 0.676.